The predicted octanol–water partition coefficient (Wildman–Crippen LogP) is 4.34. The molecule has 0 saturated heterocycles. The molecule has 0 spiro atoms. The van der Waals surface area contributed by atoms with E-state index in [2.05, 4.69) is 9.97 Å². The normalized spacial score (nSPS) is 10.5. The van der Waals surface area contributed by atoms with E-state index in [0.29, 0.717) is 37.3 Å². The Labute approximate surface area is 182 Å². The molecule has 1 amide bonds. The van der Waals surface area contributed by atoms with Crippen LogP contribution in [0.15, 0.2) is 60.9 Å². The van der Waals surface area contributed by atoms with Gasteiger partial charge in [0.05, 0.1) is 12.8 Å². The number of aromatic nitrogens is 2. The van der Waals surface area contributed by atoms with Crippen LogP contribution in [0.25, 0.3) is 11.3 Å². The lowest BCUT2D eigenvalue weighted by molar-refractivity contribution is -0.130. The molecule has 0 radical (unpaired) electrons. The number of hydrogen-bond acceptors (Lipinski definition) is 5. The highest BCUT2D eigenvalue weighted by Gasteiger charge is 2.10. The van der Waals surface area contributed by atoms with Crippen LogP contribution in [0.5, 0.6) is 5.88 Å². The van der Waals surface area contributed by atoms with Gasteiger partial charge in [-0.2, -0.15) is 0 Å². The van der Waals surface area contributed by atoms with Gasteiger partial charge in [0.15, 0.2) is 5.78 Å². The maximum absolute atomic E-state index is 12.5. The van der Waals surface area contributed by atoms with Gasteiger partial charge in [-0.25, -0.2) is 4.98 Å². The molecule has 3 rings (SSSR count). The Morgan fingerprint density at radius 2 is 1.68 bits per heavy atom. The molecule has 2 heterocycles. The van der Waals surface area contributed by atoms with Crippen molar-refractivity contribution in [2.45, 2.75) is 32.7 Å². The molecule has 6 nitrogen and oxygen atoms in total. The third kappa shape index (κ3) is 5.98. The van der Waals surface area contributed by atoms with Gasteiger partial charge in [-0.05, 0) is 29.7 Å². The quantitative estimate of drug-likeness (QED) is 0.485. The van der Waals surface area contributed by atoms with Gasteiger partial charge in [-0.3, -0.25) is 14.6 Å². The molecule has 0 aliphatic heterocycles. The Balaban J connectivity index is 1.58. The number of Topliss-reactive ketones (excluding diaryl/α,β-unsaturated/α-hetero) is 1. The number of rotatable bonds is 9. The first-order chi connectivity index (χ1) is 15.0. The fraction of sp³-hybridized carbons (Fsp3) is 0.280. The SMILES string of the molecule is CCC(=O)N(C)Cc1ccc(-c2ccc(C(=O)CCc3ccc(OC)nc3)cn2)cc1. The predicted molar refractivity (Wildman–Crippen MR) is 120 cm³/mol. The summed E-state index contributed by atoms with van der Waals surface area (Å²) in [6.07, 6.45) is 4.88. The minimum absolute atomic E-state index is 0.0499. The zero-order valence-corrected chi connectivity index (χ0v) is 18.2. The van der Waals surface area contributed by atoms with E-state index in [9.17, 15) is 9.59 Å². The molecule has 0 atom stereocenters. The number of pyridine rings is 2. The monoisotopic (exact) mass is 417 g/mol. The van der Waals surface area contributed by atoms with E-state index in [1.54, 1.807) is 30.5 Å². The minimum Gasteiger partial charge on any atom is -0.481 e. The molecular formula is C25H27N3O3. The molecule has 0 unspecified atom stereocenters. The summed E-state index contributed by atoms with van der Waals surface area (Å²) in [7, 11) is 3.38. The lowest BCUT2D eigenvalue weighted by atomic mass is 10.0. The first kappa shape index (κ1) is 22.2. The molecule has 0 aliphatic carbocycles. The zero-order valence-electron chi connectivity index (χ0n) is 18.2. The van der Waals surface area contributed by atoms with Crippen LogP contribution in [0.3, 0.4) is 0 Å². The fourth-order valence-electron chi connectivity index (χ4n) is 3.22. The largest absolute Gasteiger partial charge is 0.481 e. The summed E-state index contributed by atoms with van der Waals surface area (Å²) in [5.41, 5.74) is 4.43. The van der Waals surface area contributed by atoms with Crippen LogP contribution in [0.2, 0.25) is 0 Å². The number of methoxy groups -OCH3 is 1. The molecule has 1 aromatic carbocycles. The highest BCUT2D eigenvalue weighted by atomic mass is 16.5. The van der Waals surface area contributed by atoms with E-state index in [4.69, 9.17) is 4.74 Å². The number of benzene rings is 1. The second-order valence-electron chi connectivity index (χ2n) is 7.36. The van der Waals surface area contributed by atoms with Gasteiger partial charge in [0, 0.05) is 56.0 Å². The molecule has 3 aromatic rings. The van der Waals surface area contributed by atoms with E-state index in [0.717, 1.165) is 22.4 Å². The Morgan fingerprint density at radius 1 is 0.935 bits per heavy atom. The number of aryl methyl sites for hydroxylation is 1. The van der Waals surface area contributed by atoms with Crippen molar-refractivity contribution < 1.29 is 14.3 Å². The molecule has 0 aliphatic rings. The van der Waals surface area contributed by atoms with E-state index >= 15 is 0 Å². The second kappa shape index (κ2) is 10.5. The number of hydrogen-bond donors (Lipinski definition) is 0. The van der Waals surface area contributed by atoms with Crippen LogP contribution >= 0.6 is 0 Å². The van der Waals surface area contributed by atoms with Crippen LogP contribution in [0, 0.1) is 0 Å². The number of ketones is 1. The lowest BCUT2D eigenvalue weighted by Crippen LogP contribution is -2.25. The summed E-state index contributed by atoms with van der Waals surface area (Å²) in [5.74, 6) is 0.729. The summed E-state index contributed by atoms with van der Waals surface area (Å²) < 4.78 is 5.05. The first-order valence-corrected chi connectivity index (χ1v) is 10.3. The van der Waals surface area contributed by atoms with Crippen molar-refractivity contribution in [3.05, 3.63) is 77.6 Å². The topological polar surface area (TPSA) is 72.4 Å². The van der Waals surface area contributed by atoms with Crippen LogP contribution in [0.1, 0.15) is 41.3 Å². The van der Waals surface area contributed by atoms with Crippen molar-refractivity contribution in [3.8, 4) is 17.1 Å². The van der Waals surface area contributed by atoms with Crippen molar-refractivity contribution in [1.29, 1.82) is 0 Å². The Bertz CT molecular complexity index is 1010. The van der Waals surface area contributed by atoms with E-state index in [1.807, 2.05) is 56.4 Å². The maximum Gasteiger partial charge on any atom is 0.222 e. The molecule has 31 heavy (non-hydrogen) atoms. The molecule has 160 valence electrons. The number of carbonyl (C=O) groups excluding carboxylic acids is 2. The average molecular weight is 418 g/mol. The third-order valence-corrected chi connectivity index (χ3v) is 5.13. The zero-order chi connectivity index (χ0) is 22.2. The summed E-state index contributed by atoms with van der Waals surface area (Å²) in [6, 6.07) is 15.4. The van der Waals surface area contributed by atoms with E-state index < -0.39 is 0 Å². The molecule has 2 aromatic heterocycles. The van der Waals surface area contributed by atoms with Gasteiger partial charge in [0.2, 0.25) is 11.8 Å². The summed E-state index contributed by atoms with van der Waals surface area (Å²) >= 11 is 0. The van der Waals surface area contributed by atoms with Crippen molar-refractivity contribution in [1.82, 2.24) is 14.9 Å². The van der Waals surface area contributed by atoms with Crippen LogP contribution in [-0.2, 0) is 17.8 Å². The number of amides is 1. The van der Waals surface area contributed by atoms with Crippen LogP contribution < -0.4 is 4.74 Å². The summed E-state index contributed by atoms with van der Waals surface area (Å²) in [6.45, 7) is 2.44. The Hall–Kier alpha value is -3.54. The fourth-order valence-corrected chi connectivity index (χ4v) is 3.22. The van der Waals surface area contributed by atoms with Crippen molar-refractivity contribution in [2.75, 3.05) is 14.2 Å². The summed E-state index contributed by atoms with van der Waals surface area (Å²) in [5, 5.41) is 0. The molecular weight excluding hydrogens is 390 g/mol. The molecule has 0 saturated carbocycles. The standard InChI is InChI=1S/C25H27N3O3/c1-4-25(30)28(2)17-19-5-9-20(10-6-19)22-12-11-21(16-26-22)23(29)13-7-18-8-14-24(31-3)27-15-18/h5-6,8-12,14-16H,4,7,13,17H2,1-3H3. The third-order valence-electron chi connectivity index (χ3n) is 5.13. The maximum atomic E-state index is 12.5. The van der Waals surface area contributed by atoms with Crippen LogP contribution in [-0.4, -0.2) is 40.7 Å². The number of carbonyl (C=O) groups is 2. The second-order valence-corrected chi connectivity index (χ2v) is 7.36. The smallest absolute Gasteiger partial charge is 0.222 e. The number of nitrogens with zero attached hydrogens (tertiary/aromatic N) is 3. The molecule has 0 fully saturated rings. The highest BCUT2D eigenvalue weighted by molar-refractivity contribution is 5.96. The van der Waals surface area contributed by atoms with Gasteiger partial charge >= 0.3 is 0 Å². The molecule has 0 bridgehead atoms. The lowest BCUT2D eigenvalue weighted by Gasteiger charge is -2.16. The van der Waals surface area contributed by atoms with Crippen LogP contribution in [0.4, 0.5) is 0 Å². The van der Waals surface area contributed by atoms with Gasteiger partial charge in [0.25, 0.3) is 0 Å². The van der Waals surface area contributed by atoms with Crippen molar-refractivity contribution in [3.63, 3.8) is 0 Å². The Morgan fingerprint density at radius 3 is 2.26 bits per heavy atom. The van der Waals surface area contributed by atoms with Gasteiger partial charge in [-0.15, -0.1) is 0 Å². The van der Waals surface area contributed by atoms with Crippen molar-refractivity contribution in [2.24, 2.45) is 0 Å². The van der Waals surface area contributed by atoms with E-state index in [1.165, 1.54) is 0 Å². The van der Waals surface area contributed by atoms with Gasteiger partial charge in [0.1, 0.15) is 0 Å². The molecule has 6 heteroatoms. The highest BCUT2D eigenvalue weighted by Crippen LogP contribution is 2.19. The summed E-state index contributed by atoms with van der Waals surface area (Å²) in [4.78, 5) is 34.6. The molecule has 0 N–H and O–H groups in total. The van der Waals surface area contributed by atoms with Gasteiger partial charge < -0.3 is 9.64 Å². The number of ether oxygens (including phenoxy) is 1. The first-order valence-electron chi connectivity index (χ1n) is 10.3. The van der Waals surface area contributed by atoms with Gasteiger partial charge in [-0.1, -0.05) is 37.3 Å². The Kier molecular flexibility index (Phi) is 7.49. The average Bonchev–Trinajstić information content (AvgIpc) is 2.82. The van der Waals surface area contributed by atoms with E-state index in [-0.39, 0.29) is 11.7 Å². The minimum atomic E-state index is 0.0499. The van der Waals surface area contributed by atoms with Crippen molar-refractivity contribution >= 4 is 11.7 Å².